The first-order valence-corrected chi connectivity index (χ1v) is 5.65. The van der Waals surface area contributed by atoms with E-state index in [1.807, 2.05) is 19.1 Å². The van der Waals surface area contributed by atoms with Crippen LogP contribution < -0.4 is 20.9 Å². The van der Waals surface area contributed by atoms with Gasteiger partial charge in [0.05, 0.1) is 6.61 Å². The fraction of sp³-hybridized carbons (Fsp3) is 0.500. The van der Waals surface area contributed by atoms with Crippen LogP contribution in [0.4, 0.5) is 0 Å². The van der Waals surface area contributed by atoms with Gasteiger partial charge in [-0.3, -0.25) is 0 Å². The summed E-state index contributed by atoms with van der Waals surface area (Å²) in [6.45, 7) is 2.90. The van der Waals surface area contributed by atoms with Crippen molar-refractivity contribution in [2.75, 3.05) is 19.8 Å². The summed E-state index contributed by atoms with van der Waals surface area (Å²) in [5.41, 5.74) is 13.6. The average molecular weight is 238 g/mol. The Hall–Kier alpha value is -1.30. The van der Waals surface area contributed by atoms with Crippen molar-refractivity contribution in [3.63, 3.8) is 0 Å². The number of nitrogens with two attached hydrogens (primary N) is 2. The highest BCUT2D eigenvalue weighted by molar-refractivity contribution is 5.49. The largest absolute Gasteiger partial charge is 0.486 e. The van der Waals surface area contributed by atoms with Crippen LogP contribution in [0.25, 0.3) is 0 Å². The van der Waals surface area contributed by atoms with Gasteiger partial charge in [-0.05, 0) is 30.2 Å². The maximum absolute atomic E-state index is 9.03. The van der Waals surface area contributed by atoms with Gasteiger partial charge in [-0.2, -0.15) is 0 Å². The Morgan fingerprint density at radius 1 is 1.24 bits per heavy atom. The molecule has 2 atom stereocenters. The molecule has 0 fully saturated rings. The molecule has 5 heteroatoms. The summed E-state index contributed by atoms with van der Waals surface area (Å²) in [5, 5.41) is 9.03. The highest BCUT2D eigenvalue weighted by Gasteiger charge is 2.21. The minimum atomic E-state index is -0.476. The smallest absolute Gasteiger partial charge is 0.161 e. The van der Waals surface area contributed by atoms with Crippen LogP contribution in [-0.4, -0.2) is 31.0 Å². The molecule has 17 heavy (non-hydrogen) atoms. The number of aliphatic hydroxyl groups excluding tert-OH is 1. The van der Waals surface area contributed by atoms with E-state index < -0.39 is 12.1 Å². The third-order valence-corrected chi connectivity index (χ3v) is 2.96. The lowest BCUT2D eigenvalue weighted by Gasteiger charge is -2.24. The molecule has 0 bridgehead atoms. The normalized spacial score (nSPS) is 17.6. The van der Waals surface area contributed by atoms with Gasteiger partial charge >= 0.3 is 0 Å². The summed E-state index contributed by atoms with van der Waals surface area (Å²) in [4.78, 5) is 0. The maximum Gasteiger partial charge on any atom is 0.161 e. The zero-order valence-electron chi connectivity index (χ0n) is 9.85. The highest BCUT2D eigenvalue weighted by atomic mass is 16.6. The third-order valence-electron chi connectivity index (χ3n) is 2.96. The van der Waals surface area contributed by atoms with Crippen LogP contribution in [-0.2, 0) is 0 Å². The van der Waals surface area contributed by atoms with Crippen molar-refractivity contribution in [2.45, 2.75) is 19.0 Å². The monoisotopic (exact) mass is 238 g/mol. The first-order chi connectivity index (χ1) is 8.13. The Morgan fingerprint density at radius 2 is 1.82 bits per heavy atom. The maximum atomic E-state index is 9.03. The highest BCUT2D eigenvalue weighted by Crippen LogP contribution is 2.35. The molecule has 5 N–H and O–H groups in total. The summed E-state index contributed by atoms with van der Waals surface area (Å²) >= 11 is 0. The van der Waals surface area contributed by atoms with E-state index in [2.05, 4.69) is 0 Å². The molecule has 0 saturated carbocycles. The number of benzene rings is 1. The van der Waals surface area contributed by atoms with Crippen molar-refractivity contribution in [3.8, 4) is 11.5 Å². The number of aryl methyl sites for hydroxylation is 1. The van der Waals surface area contributed by atoms with Gasteiger partial charge < -0.3 is 26.0 Å². The van der Waals surface area contributed by atoms with Gasteiger partial charge in [0.1, 0.15) is 13.2 Å². The van der Waals surface area contributed by atoms with Crippen molar-refractivity contribution < 1.29 is 14.6 Å². The lowest BCUT2D eigenvalue weighted by molar-refractivity contribution is 0.171. The molecule has 1 aliphatic rings. The molecule has 1 aromatic rings. The lowest BCUT2D eigenvalue weighted by atomic mass is 9.96. The first-order valence-electron chi connectivity index (χ1n) is 5.65. The second-order valence-corrected chi connectivity index (χ2v) is 4.22. The van der Waals surface area contributed by atoms with E-state index in [1.165, 1.54) is 0 Å². The fourth-order valence-electron chi connectivity index (χ4n) is 1.91. The molecule has 0 spiro atoms. The molecule has 94 valence electrons. The second kappa shape index (κ2) is 4.91. The Labute approximate surface area is 100 Å². The average Bonchev–Trinajstić information content (AvgIpc) is 2.36. The zero-order chi connectivity index (χ0) is 12.4. The van der Waals surface area contributed by atoms with Crippen LogP contribution in [0.15, 0.2) is 12.1 Å². The van der Waals surface area contributed by atoms with E-state index in [1.54, 1.807) is 0 Å². The standard InChI is InChI=1S/C12H18N2O3/c1-7-4-10-11(17-3-2-16-10)5-8(7)12(14)9(13)6-15/h4-5,9,12,15H,2-3,6,13-14H2,1H3. The summed E-state index contributed by atoms with van der Waals surface area (Å²) in [6, 6.07) is 2.87. The Bertz CT molecular complexity index is 409. The van der Waals surface area contributed by atoms with Crippen molar-refractivity contribution in [1.82, 2.24) is 0 Å². The van der Waals surface area contributed by atoms with Crippen molar-refractivity contribution >= 4 is 0 Å². The van der Waals surface area contributed by atoms with E-state index in [-0.39, 0.29) is 6.61 Å². The minimum Gasteiger partial charge on any atom is -0.486 e. The summed E-state index contributed by atoms with van der Waals surface area (Å²) in [7, 11) is 0. The molecule has 1 aromatic carbocycles. The van der Waals surface area contributed by atoms with Gasteiger partial charge in [-0.1, -0.05) is 0 Å². The molecule has 0 aromatic heterocycles. The molecule has 0 aliphatic carbocycles. The number of hydrogen-bond donors (Lipinski definition) is 3. The minimum absolute atomic E-state index is 0.144. The van der Waals surface area contributed by atoms with E-state index in [9.17, 15) is 0 Å². The quantitative estimate of drug-likeness (QED) is 0.694. The summed E-state index contributed by atoms with van der Waals surface area (Å²) in [6.07, 6.45) is 0. The molecule has 1 aliphatic heterocycles. The second-order valence-electron chi connectivity index (χ2n) is 4.22. The fourth-order valence-corrected chi connectivity index (χ4v) is 1.91. The van der Waals surface area contributed by atoms with Gasteiger partial charge in [0.2, 0.25) is 0 Å². The van der Waals surface area contributed by atoms with Gasteiger partial charge in [-0.25, -0.2) is 0 Å². The van der Waals surface area contributed by atoms with Gasteiger partial charge in [0.15, 0.2) is 11.5 Å². The van der Waals surface area contributed by atoms with Crippen molar-refractivity contribution in [2.24, 2.45) is 11.5 Å². The van der Waals surface area contributed by atoms with Crippen LogP contribution in [0.1, 0.15) is 17.2 Å². The molecule has 2 unspecified atom stereocenters. The van der Waals surface area contributed by atoms with Crippen LogP contribution in [0, 0.1) is 6.92 Å². The number of aliphatic hydroxyl groups is 1. The predicted octanol–water partition coefficient (Wildman–Crippen LogP) is 0.0856. The number of ether oxygens (including phenoxy) is 2. The summed E-state index contributed by atoms with van der Waals surface area (Å²) < 4.78 is 11.0. The lowest BCUT2D eigenvalue weighted by Crippen LogP contribution is -2.37. The molecule has 2 rings (SSSR count). The molecular weight excluding hydrogens is 220 g/mol. The van der Waals surface area contributed by atoms with E-state index >= 15 is 0 Å². The van der Waals surface area contributed by atoms with E-state index in [4.69, 9.17) is 26.0 Å². The van der Waals surface area contributed by atoms with Gasteiger partial charge in [0.25, 0.3) is 0 Å². The molecule has 0 radical (unpaired) electrons. The number of hydrogen-bond acceptors (Lipinski definition) is 5. The number of rotatable bonds is 3. The molecular formula is C12H18N2O3. The van der Waals surface area contributed by atoms with Crippen LogP contribution >= 0.6 is 0 Å². The topological polar surface area (TPSA) is 90.7 Å². The van der Waals surface area contributed by atoms with E-state index in [0.29, 0.717) is 19.0 Å². The van der Waals surface area contributed by atoms with E-state index in [0.717, 1.165) is 16.9 Å². The number of fused-ring (bicyclic) bond motifs is 1. The summed E-state index contributed by atoms with van der Waals surface area (Å²) in [5.74, 6) is 1.43. The van der Waals surface area contributed by atoms with Crippen molar-refractivity contribution in [3.05, 3.63) is 23.3 Å². The zero-order valence-corrected chi connectivity index (χ0v) is 9.85. The molecule has 0 amide bonds. The Kier molecular flexibility index (Phi) is 3.51. The Morgan fingerprint density at radius 3 is 2.41 bits per heavy atom. The van der Waals surface area contributed by atoms with Crippen LogP contribution in [0.2, 0.25) is 0 Å². The first kappa shape index (κ1) is 12.2. The van der Waals surface area contributed by atoms with Crippen LogP contribution in [0.5, 0.6) is 11.5 Å². The SMILES string of the molecule is Cc1cc2c(cc1C(N)C(N)CO)OCCO2. The molecule has 0 saturated heterocycles. The predicted molar refractivity (Wildman–Crippen MR) is 64.2 cm³/mol. The molecule has 5 nitrogen and oxygen atoms in total. The molecule has 1 heterocycles. The van der Waals surface area contributed by atoms with Crippen molar-refractivity contribution in [1.29, 1.82) is 0 Å². The Balaban J connectivity index is 2.34. The van der Waals surface area contributed by atoms with Gasteiger partial charge in [-0.15, -0.1) is 0 Å². The van der Waals surface area contributed by atoms with Crippen LogP contribution in [0.3, 0.4) is 0 Å². The third kappa shape index (κ3) is 2.36. The van der Waals surface area contributed by atoms with Gasteiger partial charge in [0, 0.05) is 12.1 Å².